The molecule has 0 aliphatic carbocycles. The van der Waals surface area contributed by atoms with Crippen LogP contribution in [-0.4, -0.2) is 46.8 Å². The average molecular weight is 475 g/mol. The fourth-order valence-electron chi connectivity index (χ4n) is 2.87. The summed E-state index contributed by atoms with van der Waals surface area (Å²) in [5.74, 6) is 0.297. The van der Waals surface area contributed by atoms with E-state index in [1.54, 1.807) is 30.0 Å². The van der Waals surface area contributed by atoms with E-state index >= 15 is 0 Å². The molecule has 0 radical (unpaired) electrons. The number of aromatic nitrogens is 2. The minimum Gasteiger partial charge on any atom is -0.450 e. The van der Waals surface area contributed by atoms with Crippen molar-refractivity contribution in [1.29, 1.82) is 0 Å². The minimum absolute atomic E-state index is 0.102. The molecule has 29 heavy (non-hydrogen) atoms. The van der Waals surface area contributed by atoms with E-state index in [1.807, 2.05) is 0 Å². The van der Waals surface area contributed by atoms with Gasteiger partial charge < -0.3 is 15.0 Å². The van der Waals surface area contributed by atoms with Crippen molar-refractivity contribution in [2.24, 2.45) is 5.92 Å². The SMILES string of the molecule is CCOC(=O)N1CCC(C(=O)Nc2nnc(SCc3c(Cl)cccc3Cl)s2)CC1. The van der Waals surface area contributed by atoms with Crippen LogP contribution >= 0.6 is 46.3 Å². The molecule has 0 bridgehead atoms. The Balaban J connectivity index is 1.49. The number of halogens is 2. The van der Waals surface area contributed by atoms with Crippen LogP contribution in [0.1, 0.15) is 25.3 Å². The molecule has 3 rings (SSSR count). The van der Waals surface area contributed by atoms with Gasteiger partial charge in [-0.2, -0.15) is 0 Å². The summed E-state index contributed by atoms with van der Waals surface area (Å²) in [7, 11) is 0. The molecule has 0 spiro atoms. The molecular formula is C18H20Cl2N4O3S2. The monoisotopic (exact) mass is 474 g/mol. The van der Waals surface area contributed by atoms with Crippen LogP contribution < -0.4 is 5.32 Å². The van der Waals surface area contributed by atoms with Crippen molar-refractivity contribution >= 4 is 63.4 Å². The molecule has 2 aromatic rings. The van der Waals surface area contributed by atoms with E-state index < -0.39 is 0 Å². The zero-order valence-electron chi connectivity index (χ0n) is 15.7. The summed E-state index contributed by atoms with van der Waals surface area (Å²) in [6, 6.07) is 5.39. The Kier molecular flexibility index (Phi) is 7.99. The van der Waals surface area contributed by atoms with E-state index in [1.165, 1.54) is 23.1 Å². The summed E-state index contributed by atoms with van der Waals surface area (Å²) in [5, 5.41) is 12.6. The highest BCUT2D eigenvalue weighted by Gasteiger charge is 2.28. The van der Waals surface area contributed by atoms with Gasteiger partial charge in [0.1, 0.15) is 0 Å². The zero-order chi connectivity index (χ0) is 20.8. The molecule has 11 heteroatoms. The molecule has 7 nitrogen and oxygen atoms in total. The van der Waals surface area contributed by atoms with Crippen molar-refractivity contribution in [2.45, 2.75) is 29.9 Å². The third-order valence-electron chi connectivity index (χ3n) is 4.43. The molecule has 2 heterocycles. The normalized spacial score (nSPS) is 14.7. The summed E-state index contributed by atoms with van der Waals surface area (Å²) in [5.41, 5.74) is 0.843. The molecule has 0 atom stereocenters. The van der Waals surface area contributed by atoms with Gasteiger partial charge in [0.25, 0.3) is 0 Å². The number of ether oxygens (including phenoxy) is 1. The van der Waals surface area contributed by atoms with Gasteiger partial charge in [0.2, 0.25) is 11.0 Å². The Bertz CT molecular complexity index is 852. The van der Waals surface area contributed by atoms with Gasteiger partial charge in [-0.25, -0.2) is 4.79 Å². The van der Waals surface area contributed by atoms with Gasteiger partial charge in [-0.1, -0.05) is 52.4 Å². The summed E-state index contributed by atoms with van der Waals surface area (Å²) in [4.78, 5) is 25.9. The smallest absolute Gasteiger partial charge is 0.409 e. The number of benzene rings is 1. The molecular weight excluding hydrogens is 455 g/mol. The maximum absolute atomic E-state index is 12.5. The second-order valence-corrected chi connectivity index (χ2v) is 9.33. The number of anilines is 1. The van der Waals surface area contributed by atoms with Crippen molar-refractivity contribution in [3.63, 3.8) is 0 Å². The Morgan fingerprint density at radius 2 is 1.97 bits per heavy atom. The van der Waals surface area contributed by atoms with Crippen LogP contribution in [0.2, 0.25) is 10.0 Å². The van der Waals surface area contributed by atoms with Crippen molar-refractivity contribution < 1.29 is 14.3 Å². The number of likely N-dealkylation sites (tertiary alicyclic amines) is 1. The van der Waals surface area contributed by atoms with E-state index in [9.17, 15) is 9.59 Å². The Labute approximate surface area is 187 Å². The molecule has 1 aromatic heterocycles. The number of carbonyl (C=O) groups is 2. The van der Waals surface area contributed by atoms with Crippen molar-refractivity contribution in [1.82, 2.24) is 15.1 Å². The topological polar surface area (TPSA) is 84.4 Å². The second kappa shape index (κ2) is 10.5. The lowest BCUT2D eigenvalue weighted by atomic mass is 9.96. The van der Waals surface area contributed by atoms with E-state index in [4.69, 9.17) is 27.9 Å². The summed E-state index contributed by atoms with van der Waals surface area (Å²) >= 11 is 15.1. The first kappa shape index (κ1) is 22.1. The van der Waals surface area contributed by atoms with Gasteiger partial charge in [0, 0.05) is 34.8 Å². The third kappa shape index (κ3) is 5.97. The lowest BCUT2D eigenvalue weighted by Crippen LogP contribution is -2.41. The molecule has 156 valence electrons. The number of hydrogen-bond acceptors (Lipinski definition) is 7. The van der Waals surface area contributed by atoms with Gasteiger partial charge >= 0.3 is 6.09 Å². The lowest BCUT2D eigenvalue weighted by Gasteiger charge is -2.30. The minimum atomic E-state index is -0.323. The Hall–Kier alpha value is -1.55. The van der Waals surface area contributed by atoms with Crippen LogP contribution in [0.5, 0.6) is 0 Å². The first-order valence-electron chi connectivity index (χ1n) is 9.09. The fourth-order valence-corrected chi connectivity index (χ4v) is 5.37. The van der Waals surface area contributed by atoms with E-state index in [-0.39, 0.29) is 17.9 Å². The standard InChI is InChI=1S/C18H20Cl2N4O3S2/c1-2-27-18(26)24-8-6-11(7-9-24)15(25)21-16-22-23-17(29-16)28-10-12-13(19)4-3-5-14(12)20/h3-5,11H,2,6-10H2,1H3,(H,21,22,25). The molecule has 0 saturated carbocycles. The Morgan fingerprint density at radius 1 is 1.28 bits per heavy atom. The van der Waals surface area contributed by atoms with Crippen molar-refractivity contribution in [3.05, 3.63) is 33.8 Å². The fraction of sp³-hybridized carbons (Fsp3) is 0.444. The van der Waals surface area contributed by atoms with Crippen LogP contribution in [0, 0.1) is 5.92 Å². The summed E-state index contributed by atoms with van der Waals surface area (Å²) < 4.78 is 5.71. The molecule has 1 aromatic carbocycles. The summed E-state index contributed by atoms with van der Waals surface area (Å²) in [6.07, 6.45) is 0.863. The second-order valence-electron chi connectivity index (χ2n) is 6.31. The number of nitrogens with zero attached hydrogens (tertiary/aromatic N) is 3. The predicted octanol–water partition coefficient (Wildman–Crippen LogP) is 4.94. The van der Waals surface area contributed by atoms with Gasteiger partial charge in [-0.3, -0.25) is 4.79 Å². The number of hydrogen-bond donors (Lipinski definition) is 1. The van der Waals surface area contributed by atoms with Gasteiger partial charge in [0.15, 0.2) is 4.34 Å². The Morgan fingerprint density at radius 3 is 2.62 bits per heavy atom. The molecule has 1 saturated heterocycles. The first-order valence-corrected chi connectivity index (χ1v) is 11.7. The number of amides is 2. The van der Waals surface area contributed by atoms with Crippen molar-refractivity contribution in [2.75, 3.05) is 25.0 Å². The first-order chi connectivity index (χ1) is 14.0. The van der Waals surface area contributed by atoms with Gasteiger partial charge in [0.05, 0.1) is 6.61 Å². The van der Waals surface area contributed by atoms with Crippen molar-refractivity contribution in [3.8, 4) is 0 Å². The van der Waals surface area contributed by atoms with Crippen LogP contribution in [0.3, 0.4) is 0 Å². The van der Waals surface area contributed by atoms with E-state index in [2.05, 4.69) is 15.5 Å². The van der Waals surface area contributed by atoms with Crippen LogP contribution in [-0.2, 0) is 15.3 Å². The lowest BCUT2D eigenvalue weighted by molar-refractivity contribution is -0.121. The van der Waals surface area contributed by atoms with Gasteiger partial charge in [-0.15, -0.1) is 10.2 Å². The number of carbonyl (C=O) groups excluding carboxylic acids is 2. The molecule has 2 amide bonds. The van der Waals surface area contributed by atoms with Crippen LogP contribution in [0.4, 0.5) is 9.93 Å². The number of thioether (sulfide) groups is 1. The average Bonchev–Trinajstić information content (AvgIpc) is 3.15. The van der Waals surface area contributed by atoms with E-state index in [0.717, 1.165) is 5.56 Å². The highest BCUT2D eigenvalue weighted by atomic mass is 35.5. The molecule has 1 aliphatic heterocycles. The zero-order valence-corrected chi connectivity index (χ0v) is 18.8. The maximum Gasteiger partial charge on any atom is 0.409 e. The summed E-state index contributed by atoms with van der Waals surface area (Å²) in [6.45, 7) is 3.13. The maximum atomic E-state index is 12.5. The predicted molar refractivity (Wildman–Crippen MR) is 116 cm³/mol. The molecule has 0 unspecified atom stereocenters. The largest absolute Gasteiger partial charge is 0.450 e. The number of nitrogens with one attached hydrogen (secondary N) is 1. The third-order valence-corrected chi connectivity index (χ3v) is 7.14. The number of piperidine rings is 1. The molecule has 1 N–H and O–H groups in total. The molecule has 1 fully saturated rings. The number of rotatable bonds is 6. The molecule has 1 aliphatic rings. The van der Waals surface area contributed by atoms with E-state index in [0.29, 0.717) is 57.8 Å². The highest BCUT2D eigenvalue weighted by molar-refractivity contribution is 8.00. The highest BCUT2D eigenvalue weighted by Crippen LogP contribution is 2.34. The van der Waals surface area contributed by atoms with Crippen LogP contribution in [0.25, 0.3) is 0 Å². The van der Waals surface area contributed by atoms with Crippen LogP contribution in [0.15, 0.2) is 22.5 Å². The quantitative estimate of drug-likeness (QED) is 0.471. The van der Waals surface area contributed by atoms with Gasteiger partial charge in [-0.05, 0) is 37.5 Å².